The molecule has 4 rings (SSSR count). The van der Waals surface area contributed by atoms with Crippen molar-refractivity contribution >= 4 is 69.2 Å². The van der Waals surface area contributed by atoms with Gasteiger partial charge in [-0.15, -0.1) is 0 Å². The Hall–Kier alpha value is -3.33. The van der Waals surface area contributed by atoms with Crippen molar-refractivity contribution in [3.05, 3.63) is 86.8 Å². The van der Waals surface area contributed by atoms with E-state index in [1.165, 1.54) is 23.8 Å². The number of hydrogen-bond acceptors (Lipinski definition) is 6. The molecule has 0 aromatic heterocycles. The van der Waals surface area contributed by atoms with E-state index < -0.39 is 0 Å². The number of amides is 2. The normalized spacial score (nSPS) is 14.3. The average Bonchev–Trinajstić information content (AvgIpc) is 3.14. The fraction of sp³-hybridized carbons (Fsp3) is 0.179. The van der Waals surface area contributed by atoms with Crippen LogP contribution in [0.2, 0.25) is 5.02 Å². The highest BCUT2D eigenvalue weighted by Gasteiger charge is 2.33. The predicted octanol–water partition coefficient (Wildman–Crippen LogP) is 6.70. The van der Waals surface area contributed by atoms with Crippen LogP contribution in [0.1, 0.15) is 22.3 Å². The first-order chi connectivity index (χ1) is 17.7. The number of carbonyl (C=O) groups excluding carboxylic acids is 2. The molecule has 0 bridgehead atoms. The Morgan fingerprint density at radius 3 is 2.54 bits per heavy atom. The molecule has 0 radical (unpaired) electrons. The standard InChI is InChI=1S/C28H25ClN2O4S2/c1-16-5-9-22(18(3)11-16)30-26(32)15-35-23-10-7-19(12-24(23)34-4)13-25-27(33)31(28(36)37-25)20-8-6-17(2)21(29)14-20/h5-14H,15H2,1-4H3,(H,30,32)/b25-13-. The number of rotatable bonds is 7. The van der Waals surface area contributed by atoms with Gasteiger partial charge in [-0.3, -0.25) is 14.5 Å². The summed E-state index contributed by atoms with van der Waals surface area (Å²) < 4.78 is 11.6. The van der Waals surface area contributed by atoms with Gasteiger partial charge >= 0.3 is 0 Å². The first-order valence-electron chi connectivity index (χ1n) is 11.4. The van der Waals surface area contributed by atoms with Gasteiger partial charge in [0, 0.05) is 10.7 Å². The third-order valence-corrected chi connectivity index (χ3v) is 7.42. The van der Waals surface area contributed by atoms with E-state index in [9.17, 15) is 9.59 Å². The fourth-order valence-corrected chi connectivity index (χ4v) is 5.21. The average molecular weight is 553 g/mol. The molecule has 3 aromatic rings. The number of methoxy groups -OCH3 is 1. The number of anilines is 2. The van der Waals surface area contributed by atoms with Crippen LogP contribution in [0.4, 0.5) is 11.4 Å². The van der Waals surface area contributed by atoms with Crippen LogP contribution in [0.25, 0.3) is 6.08 Å². The topological polar surface area (TPSA) is 67.9 Å². The fourth-order valence-electron chi connectivity index (χ4n) is 3.74. The lowest BCUT2D eigenvalue weighted by Gasteiger charge is -2.15. The molecule has 6 nitrogen and oxygen atoms in total. The Kier molecular flexibility index (Phi) is 8.22. The van der Waals surface area contributed by atoms with Crippen LogP contribution in [-0.2, 0) is 9.59 Å². The van der Waals surface area contributed by atoms with E-state index in [4.69, 9.17) is 33.3 Å². The van der Waals surface area contributed by atoms with Gasteiger partial charge < -0.3 is 14.8 Å². The number of nitrogens with one attached hydrogen (secondary N) is 1. The number of thiocarbonyl (C=S) groups is 1. The molecule has 0 aliphatic carbocycles. The van der Waals surface area contributed by atoms with Gasteiger partial charge in [0.1, 0.15) is 0 Å². The summed E-state index contributed by atoms with van der Waals surface area (Å²) in [7, 11) is 1.52. The summed E-state index contributed by atoms with van der Waals surface area (Å²) in [5.74, 6) is 0.349. The molecule has 0 unspecified atom stereocenters. The van der Waals surface area contributed by atoms with Crippen LogP contribution >= 0.6 is 35.6 Å². The van der Waals surface area contributed by atoms with Crippen molar-refractivity contribution in [2.45, 2.75) is 20.8 Å². The van der Waals surface area contributed by atoms with Gasteiger partial charge in [-0.25, -0.2) is 0 Å². The minimum absolute atomic E-state index is 0.180. The van der Waals surface area contributed by atoms with E-state index in [2.05, 4.69) is 5.32 Å². The van der Waals surface area contributed by atoms with Crippen molar-refractivity contribution < 1.29 is 19.1 Å². The molecule has 0 saturated carbocycles. The predicted molar refractivity (Wildman–Crippen MR) is 155 cm³/mol. The van der Waals surface area contributed by atoms with Crippen molar-refractivity contribution in [3.8, 4) is 11.5 Å². The third kappa shape index (κ3) is 6.15. The number of hydrogen-bond donors (Lipinski definition) is 1. The molecule has 9 heteroatoms. The first kappa shape index (κ1) is 26.7. The molecule has 0 spiro atoms. The molecule has 3 aromatic carbocycles. The molecule has 1 aliphatic rings. The zero-order valence-corrected chi connectivity index (χ0v) is 23.1. The second-order valence-electron chi connectivity index (χ2n) is 8.52. The van der Waals surface area contributed by atoms with Gasteiger partial charge in [-0.1, -0.05) is 65.4 Å². The number of nitrogens with zero attached hydrogens (tertiary/aromatic N) is 1. The van der Waals surface area contributed by atoms with Crippen LogP contribution < -0.4 is 19.7 Å². The van der Waals surface area contributed by atoms with Crippen LogP contribution in [0.15, 0.2) is 59.5 Å². The zero-order valence-electron chi connectivity index (χ0n) is 20.8. The van der Waals surface area contributed by atoms with Crippen LogP contribution in [0.5, 0.6) is 11.5 Å². The monoisotopic (exact) mass is 552 g/mol. The molecule has 0 atom stereocenters. The summed E-state index contributed by atoms with van der Waals surface area (Å²) in [5, 5.41) is 3.43. The summed E-state index contributed by atoms with van der Waals surface area (Å²) in [6.45, 7) is 5.66. The number of aryl methyl sites for hydroxylation is 3. The Morgan fingerprint density at radius 1 is 1.05 bits per heavy atom. The van der Waals surface area contributed by atoms with Gasteiger partial charge in [-0.05, 0) is 73.9 Å². The van der Waals surface area contributed by atoms with Crippen LogP contribution in [0.3, 0.4) is 0 Å². The Labute approximate surface area is 230 Å². The highest BCUT2D eigenvalue weighted by atomic mass is 35.5. The summed E-state index contributed by atoms with van der Waals surface area (Å²) in [4.78, 5) is 27.5. The van der Waals surface area contributed by atoms with Crippen LogP contribution in [0, 0.1) is 20.8 Å². The lowest BCUT2D eigenvalue weighted by Crippen LogP contribution is -2.27. The molecule has 1 saturated heterocycles. The van der Waals surface area contributed by atoms with Gasteiger partial charge in [-0.2, -0.15) is 0 Å². The van der Waals surface area contributed by atoms with E-state index >= 15 is 0 Å². The highest BCUT2D eigenvalue weighted by molar-refractivity contribution is 8.27. The van der Waals surface area contributed by atoms with E-state index in [1.807, 2.05) is 51.1 Å². The molecular weight excluding hydrogens is 528 g/mol. The Bertz CT molecular complexity index is 1440. The van der Waals surface area contributed by atoms with Gasteiger partial charge in [0.2, 0.25) is 0 Å². The lowest BCUT2D eigenvalue weighted by atomic mass is 10.1. The maximum Gasteiger partial charge on any atom is 0.270 e. The maximum atomic E-state index is 13.1. The van der Waals surface area contributed by atoms with Crippen molar-refractivity contribution in [1.82, 2.24) is 0 Å². The van der Waals surface area contributed by atoms with Crippen molar-refractivity contribution in [2.75, 3.05) is 23.9 Å². The Balaban J connectivity index is 1.46. The summed E-state index contributed by atoms with van der Waals surface area (Å²) >= 11 is 12.9. The molecule has 37 heavy (non-hydrogen) atoms. The molecule has 1 N–H and O–H groups in total. The number of halogens is 1. The summed E-state index contributed by atoms with van der Waals surface area (Å²) in [5.41, 5.74) is 5.12. The van der Waals surface area contributed by atoms with Crippen LogP contribution in [-0.4, -0.2) is 29.9 Å². The summed E-state index contributed by atoms with van der Waals surface area (Å²) in [6.07, 6.45) is 1.74. The molecule has 2 amide bonds. The minimum Gasteiger partial charge on any atom is -0.493 e. The van der Waals surface area contributed by atoms with E-state index in [0.29, 0.717) is 31.4 Å². The lowest BCUT2D eigenvalue weighted by molar-refractivity contribution is -0.118. The van der Waals surface area contributed by atoms with Gasteiger partial charge in [0.15, 0.2) is 22.4 Å². The number of ether oxygens (including phenoxy) is 2. The SMILES string of the molecule is COc1cc(/C=C2\SC(=S)N(c3ccc(C)c(Cl)c3)C2=O)ccc1OCC(=O)Nc1ccc(C)cc1C. The van der Waals surface area contributed by atoms with Crippen molar-refractivity contribution in [1.29, 1.82) is 0 Å². The molecule has 1 fully saturated rings. The van der Waals surface area contributed by atoms with E-state index in [0.717, 1.165) is 27.9 Å². The second-order valence-corrected chi connectivity index (χ2v) is 10.6. The molecule has 1 aliphatic heterocycles. The quantitative estimate of drug-likeness (QED) is 0.260. The van der Waals surface area contributed by atoms with Gasteiger partial charge in [0.05, 0.1) is 17.7 Å². The van der Waals surface area contributed by atoms with E-state index in [1.54, 1.807) is 30.3 Å². The first-order valence-corrected chi connectivity index (χ1v) is 13.0. The zero-order chi connectivity index (χ0) is 26.7. The van der Waals surface area contributed by atoms with Gasteiger partial charge in [0.25, 0.3) is 11.8 Å². The molecular formula is C28H25ClN2O4S2. The number of carbonyl (C=O) groups is 2. The largest absolute Gasteiger partial charge is 0.493 e. The molecule has 190 valence electrons. The minimum atomic E-state index is -0.280. The number of thioether (sulfide) groups is 1. The smallest absolute Gasteiger partial charge is 0.270 e. The molecule has 1 heterocycles. The summed E-state index contributed by atoms with van der Waals surface area (Å²) in [6, 6.07) is 16.4. The van der Waals surface area contributed by atoms with Crippen molar-refractivity contribution in [3.63, 3.8) is 0 Å². The maximum absolute atomic E-state index is 13.1. The second kappa shape index (κ2) is 11.4. The third-order valence-electron chi connectivity index (χ3n) is 5.71. The van der Waals surface area contributed by atoms with Crippen molar-refractivity contribution in [2.24, 2.45) is 0 Å². The Morgan fingerprint density at radius 2 is 1.84 bits per heavy atom. The highest BCUT2D eigenvalue weighted by Crippen LogP contribution is 2.38. The number of benzene rings is 3. The van der Waals surface area contributed by atoms with E-state index in [-0.39, 0.29) is 18.4 Å².